The normalized spacial score (nSPS) is 10.4. The zero-order valence-electron chi connectivity index (χ0n) is 7.78. The summed E-state index contributed by atoms with van der Waals surface area (Å²) >= 11 is 11.7. The molecule has 0 aliphatic heterocycles. The number of nitrogens with zero attached hydrogens (tertiary/aromatic N) is 2. The number of nitrogens with one attached hydrogen (secondary N) is 1. The Hall–Kier alpha value is -1.59. The smallest absolute Gasteiger partial charge is 0.278 e. The van der Waals surface area contributed by atoms with Gasteiger partial charge < -0.3 is 0 Å². The summed E-state index contributed by atoms with van der Waals surface area (Å²) in [7, 11) is 0. The molecule has 0 atom stereocenters. The molecular weight excluding hydrogens is 253 g/mol. The number of halogens is 2. The molecule has 0 fully saturated rings. The third kappa shape index (κ3) is 1.87. The fourth-order valence-corrected chi connectivity index (χ4v) is 1.80. The summed E-state index contributed by atoms with van der Waals surface area (Å²) in [6, 6.07) is 4.70. The second kappa shape index (κ2) is 4.11. The highest BCUT2D eigenvalue weighted by molar-refractivity contribution is 6.36. The van der Waals surface area contributed by atoms with Crippen molar-refractivity contribution in [3.8, 4) is 11.3 Å². The van der Waals surface area contributed by atoms with E-state index in [1.807, 2.05) is 0 Å². The molecule has 0 saturated heterocycles. The predicted octanol–water partition coefficient (Wildman–Crippen LogP) is 3.29. The maximum absolute atomic E-state index is 10.7. The van der Waals surface area contributed by atoms with E-state index < -0.39 is 4.92 Å². The summed E-state index contributed by atoms with van der Waals surface area (Å²) in [5.41, 5.74) is 0.551. The fourth-order valence-electron chi connectivity index (χ4n) is 1.30. The van der Waals surface area contributed by atoms with Gasteiger partial charge in [-0.2, -0.15) is 5.10 Å². The maximum Gasteiger partial charge on any atom is 0.314 e. The Balaban J connectivity index is 2.59. The first-order valence-electron chi connectivity index (χ1n) is 4.23. The first kappa shape index (κ1) is 10.9. The summed E-state index contributed by atoms with van der Waals surface area (Å²) in [5, 5.41) is 17.7. The van der Waals surface area contributed by atoms with Gasteiger partial charge >= 0.3 is 5.69 Å². The van der Waals surface area contributed by atoms with E-state index in [9.17, 15) is 10.1 Å². The van der Waals surface area contributed by atoms with Crippen molar-refractivity contribution >= 4 is 28.9 Å². The second-order valence-corrected chi connectivity index (χ2v) is 3.84. The molecule has 16 heavy (non-hydrogen) atoms. The van der Waals surface area contributed by atoms with Crippen LogP contribution in [0.5, 0.6) is 0 Å². The Kier molecular flexibility index (Phi) is 2.80. The van der Waals surface area contributed by atoms with Crippen LogP contribution in [-0.4, -0.2) is 15.1 Å². The Bertz CT molecular complexity index is 553. The topological polar surface area (TPSA) is 71.8 Å². The van der Waals surface area contributed by atoms with Gasteiger partial charge in [0.15, 0.2) is 5.69 Å². The first-order chi connectivity index (χ1) is 7.59. The van der Waals surface area contributed by atoms with Crippen molar-refractivity contribution in [3.63, 3.8) is 0 Å². The molecule has 0 unspecified atom stereocenters. The van der Waals surface area contributed by atoms with Crippen molar-refractivity contribution in [2.45, 2.75) is 0 Å². The van der Waals surface area contributed by atoms with Gasteiger partial charge in [-0.25, -0.2) is 0 Å². The molecule has 0 aliphatic carbocycles. The highest BCUT2D eigenvalue weighted by Crippen LogP contribution is 2.33. The molecule has 2 rings (SSSR count). The number of nitro groups is 1. The molecule has 82 valence electrons. The van der Waals surface area contributed by atoms with E-state index >= 15 is 0 Å². The van der Waals surface area contributed by atoms with Crippen LogP contribution in [0.2, 0.25) is 10.0 Å². The predicted molar refractivity (Wildman–Crippen MR) is 60.7 cm³/mol. The van der Waals surface area contributed by atoms with E-state index in [0.717, 1.165) is 0 Å². The molecule has 7 heteroatoms. The van der Waals surface area contributed by atoms with Crippen LogP contribution in [0, 0.1) is 10.1 Å². The minimum Gasteiger partial charge on any atom is -0.278 e. The molecule has 5 nitrogen and oxygen atoms in total. The SMILES string of the molecule is O=[N+]([O-])c1c[nH]nc1-c1ccc(Cl)cc1Cl. The summed E-state index contributed by atoms with van der Waals surface area (Å²) in [6.45, 7) is 0. The first-order valence-corrected chi connectivity index (χ1v) is 4.99. The van der Waals surface area contributed by atoms with Crippen molar-refractivity contribution < 1.29 is 4.92 Å². The van der Waals surface area contributed by atoms with Gasteiger partial charge in [-0.3, -0.25) is 15.2 Å². The lowest BCUT2D eigenvalue weighted by Gasteiger charge is -2.00. The third-order valence-electron chi connectivity index (χ3n) is 2.00. The summed E-state index contributed by atoms with van der Waals surface area (Å²) < 4.78 is 0. The molecule has 1 N–H and O–H groups in total. The second-order valence-electron chi connectivity index (χ2n) is 3.00. The van der Waals surface area contributed by atoms with Crippen molar-refractivity contribution in [2.24, 2.45) is 0 Å². The Morgan fingerprint density at radius 2 is 2.12 bits per heavy atom. The van der Waals surface area contributed by atoms with Crippen LogP contribution in [0.4, 0.5) is 5.69 Å². The minimum atomic E-state index is -0.524. The summed E-state index contributed by atoms with van der Waals surface area (Å²) in [6.07, 6.45) is 1.21. The van der Waals surface area contributed by atoms with E-state index in [-0.39, 0.29) is 11.4 Å². The molecule has 1 aromatic carbocycles. The van der Waals surface area contributed by atoms with Crippen LogP contribution in [0.15, 0.2) is 24.4 Å². The van der Waals surface area contributed by atoms with Crippen molar-refractivity contribution in [3.05, 3.63) is 44.6 Å². The Labute approximate surface area is 100 Å². The summed E-state index contributed by atoms with van der Waals surface area (Å²) in [5.74, 6) is 0. The summed E-state index contributed by atoms with van der Waals surface area (Å²) in [4.78, 5) is 10.2. The van der Waals surface area contributed by atoms with Crippen LogP contribution in [0.1, 0.15) is 0 Å². The fraction of sp³-hybridized carbons (Fsp3) is 0. The van der Waals surface area contributed by atoms with Crippen LogP contribution in [0.3, 0.4) is 0 Å². The van der Waals surface area contributed by atoms with E-state index in [0.29, 0.717) is 15.6 Å². The molecule has 1 aromatic heterocycles. The van der Waals surface area contributed by atoms with Crippen LogP contribution in [-0.2, 0) is 0 Å². The average Bonchev–Trinajstić information content (AvgIpc) is 2.66. The maximum atomic E-state index is 10.7. The lowest BCUT2D eigenvalue weighted by molar-refractivity contribution is -0.384. The molecule has 0 radical (unpaired) electrons. The van der Waals surface area contributed by atoms with E-state index in [1.54, 1.807) is 12.1 Å². The largest absolute Gasteiger partial charge is 0.314 e. The van der Waals surface area contributed by atoms with Crippen LogP contribution < -0.4 is 0 Å². The molecule has 0 bridgehead atoms. The number of aromatic nitrogens is 2. The highest BCUT2D eigenvalue weighted by atomic mass is 35.5. The molecule has 0 saturated carbocycles. The number of hydrogen-bond acceptors (Lipinski definition) is 3. The standard InChI is InChI=1S/C9H5Cl2N3O2/c10-5-1-2-6(7(11)3-5)9-8(14(15)16)4-12-13-9/h1-4H,(H,12,13). The van der Waals surface area contributed by atoms with Gasteiger partial charge in [0.2, 0.25) is 0 Å². The van der Waals surface area contributed by atoms with Crippen LogP contribution >= 0.6 is 23.2 Å². The Morgan fingerprint density at radius 3 is 2.75 bits per heavy atom. The van der Waals surface area contributed by atoms with Gasteiger partial charge in [0.05, 0.1) is 9.95 Å². The van der Waals surface area contributed by atoms with Crippen molar-refractivity contribution in [2.75, 3.05) is 0 Å². The lowest BCUT2D eigenvalue weighted by atomic mass is 10.1. The zero-order valence-corrected chi connectivity index (χ0v) is 9.29. The highest BCUT2D eigenvalue weighted by Gasteiger charge is 2.20. The van der Waals surface area contributed by atoms with E-state index in [4.69, 9.17) is 23.2 Å². The van der Waals surface area contributed by atoms with Crippen molar-refractivity contribution in [1.29, 1.82) is 0 Å². The van der Waals surface area contributed by atoms with E-state index in [1.165, 1.54) is 12.3 Å². The number of benzene rings is 1. The molecule has 2 aromatic rings. The van der Waals surface area contributed by atoms with Gasteiger partial charge in [-0.1, -0.05) is 23.2 Å². The van der Waals surface area contributed by atoms with Gasteiger partial charge in [-0.05, 0) is 18.2 Å². The number of H-pyrrole nitrogens is 1. The molecule has 0 aliphatic rings. The van der Waals surface area contributed by atoms with Crippen LogP contribution in [0.25, 0.3) is 11.3 Å². The number of hydrogen-bond donors (Lipinski definition) is 1. The monoisotopic (exact) mass is 257 g/mol. The zero-order chi connectivity index (χ0) is 11.7. The molecular formula is C9H5Cl2N3O2. The molecule has 0 spiro atoms. The number of aromatic amines is 1. The number of rotatable bonds is 2. The van der Waals surface area contributed by atoms with Gasteiger partial charge in [0.25, 0.3) is 0 Å². The third-order valence-corrected chi connectivity index (χ3v) is 2.55. The minimum absolute atomic E-state index is 0.121. The van der Waals surface area contributed by atoms with Gasteiger partial charge in [-0.15, -0.1) is 0 Å². The Morgan fingerprint density at radius 1 is 1.38 bits per heavy atom. The van der Waals surface area contributed by atoms with Crippen molar-refractivity contribution in [1.82, 2.24) is 10.2 Å². The molecule has 0 amide bonds. The van der Waals surface area contributed by atoms with E-state index in [2.05, 4.69) is 10.2 Å². The van der Waals surface area contributed by atoms with Gasteiger partial charge in [0.1, 0.15) is 6.20 Å². The lowest BCUT2D eigenvalue weighted by Crippen LogP contribution is -1.89. The average molecular weight is 258 g/mol. The quantitative estimate of drug-likeness (QED) is 0.663. The van der Waals surface area contributed by atoms with Gasteiger partial charge in [0, 0.05) is 10.6 Å². The molecule has 1 heterocycles.